The molecule has 55 valence electrons. The van der Waals surface area contributed by atoms with E-state index in [4.69, 9.17) is 0 Å². The van der Waals surface area contributed by atoms with Gasteiger partial charge in [0, 0.05) is 7.05 Å². The van der Waals surface area contributed by atoms with Gasteiger partial charge in [-0.25, -0.2) is 0 Å². The summed E-state index contributed by atoms with van der Waals surface area (Å²) < 4.78 is 2.66. The van der Waals surface area contributed by atoms with Crippen LogP contribution in [-0.4, -0.2) is 4.57 Å². The number of nitrogens with zero attached hydrogens (tertiary/aromatic N) is 1. The van der Waals surface area contributed by atoms with Gasteiger partial charge in [0.05, 0.1) is 10.2 Å². The molecule has 0 amide bonds. The summed E-state index contributed by atoms with van der Waals surface area (Å²) in [5.74, 6) is 0. The van der Waals surface area contributed by atoms with E-state index in [-0.39, 0.29) is 4.87 Å². The third kappa shape index (κ3) is 0.886. The summed E-state index contributed by atoms with van der Waals surface area (Å²) in [5.41, 5.74) is 0.961. The molecule has 1 aromatic heterocycles. The van der Waals surface area contributed by atoms with Crippen molar-refractivity contribution in [2.45, 2.75) is 0 Å². The summed E-state index contributed by atoms with van der Waals surface area (Å²) in [6, 6.07) is 8.49. The van der Waals surface area contributed by atoms with Crippen molar-refractivity contribution in [2.75, 3.05) is 0 Å². The van der Waals surface area contributed by atoms with Crippen molar-refractivity contribution in [1.29, 1.82) is 0 Å². The normalized spacial score (nSPS) is 10.6. The smallest absolute Gasteiger partial charge is 0.302 e. The number of aromatic nitrogens is 1. The Morgan fingerprint density at radius 1 is 1.64 bits per heavy atom. The van der Waals surface area contributed by atoms with Gasteiger partial charge in [0.2, 0.25) is 0 Å². The summed E-state index contributed by atoms with van der Waals surface area (Å²) in [4.78, 5) is 11.2. The molecule has 0 spiro atoms. The highest BCUT2D eigenvalue weighted by atomic mass is 32.1. The van der Waals surface area contributed by atoms with Crippen molar-refractivity contribution in [3.63, 3.8) is 0 Å². The van der Waals surface area contributed by atoms with Crippen LogP contribution in [0, 0.1) is 6.07 Å². The van der Waals surface area contributed by atoms with E-state index in [1.807, 2.05) is 18.2 Å². The molecule has 2 aromatic rings. The van der Waals surface area contributed by atoms with Crippen LogP contribution in [0.5, 0.6) is 0 Å². The second-order valence-electron chi connectivity index (χ2n) is 2.32. The molecule has 0 bridgehead atoms. The van der Waals surface area contributed by atoms with Crippen molar-refractivity contribution in [3.05, 3.63) is 33.9 Å². The zero-order valence-corrected chi connectivity index (χ0v) is 6.81. The highest BCUT2D eigenvalue weighted by Crippen LogP contribution is 2.14. The lowest BCUT2D eigenvalue weighted by atomic mass is 10.3. The lowest BCUT2D eigenvalue weighted by Crippen LogP contribution is -2.06. The molecule has 0 aliphatic carbocycles. The zero-order valence-electron chi connectivity index (χ0n) is 6.00. The Hall–Kier alpha value is -1.09. The molecule has 0 N–H and O–H groups in total. The van der Waals surface area contributed by atoms with Crippen molar-refractivity contribution < 1.29 is 0 Å². The topological polar surface area (TPSA) is 22.0 Å². The van der Waals surface area contributed by atoms with Gasteiger partial charge in [0.15, 0.2) is 0 Å². The van der Waals surface area contributed by atoms with Crippen molar-refractivity contribution in [1.82, 2.24) is 4.57 Å². The monoisotopic (exact) mass is 164 g/mol. The fraction of sp³-hybridized carbons (Fsp3) is 0.125. The third-order valence-corrected chi connectivity index (χ3v) is 2.65. The molecule has 0 saturated carbocycles. The van der Waals surface area contributed by atoms with E-state index in [0.29, 0.717) is 0 Å². The number of hydrogen-bond donors (Lipinski definition) is 0. The van der Waals surface area contributed by atoms with Crippen LogP contribution in [0.25, 0.3) is 10.2 Å². The van der Waals surface area contributed by atoms with Gasteiger partial charge in [-0.15, -0.1) is 0 Å². The molecule has 0 aliphatic rings. The highest BCUT2D eigenvalue weighted by Gasteiger charge is 2.00. The Morgan fingerprint density at radius 2 is 2.45 bits per heavy atom. The molecule has 0 atom stereocenters. The molecular weight excluding hydrogens is 158 g/mol. The Bertz CT molecular complexity index is 441. The molecule has 1 radical (unpaired) electrons. The quantitative estimate of drug-likeness (QED) is 0.577. The lowest BCUT2D eigenvalue weighted by molar-refractivity contribution is 0.938. The molecule has 1 aromatic carbocycles. The van der Waals surface area contributed by atoms with Gasteiger partial charge in [-0.05, 0) is 18.2 Å². The molecule has 2 rings (SSSR count). The summed E-state index contributed by atoms with van der Waals surface area (Å²) in [7, 11) is 1.77. The molecule has 11 heavy (non-hydrogen) atoms. The second-order valence-corrected chi connectivity index (χ2v) is 3.31. The molecule has 0 aliphatic heterocycles. The van der Waals surface area contributed by atoms with Gasteiger partial charge in [-0.1, -0.05) is 17.4 Å². The van der Waals surface area contributed by atoms with Crippen molar-refractivity contribution >= 4 is 21.6 Å². The standard InChI is InChI=1S/C8H6NOS/c1-9-6-4-2-3-5-7(6)11-8(9)10/h3-5H,1H3. The van der Waals surface area contributed by atoms with E-state index in [1.165, 1.54) is 11.3 Å². The van der Waals surface area contributed by atoms with Crippen LogP contribution >= 0.6 is 11.3 Å². The lowest BCUT2D eigenvalue weighted by Gasteiger charge is -1.89. The van der Waals surface area contributed by atoms with Gasteiger partial charge in [-0.2, -0.15) is 0 Å². The minimum atomic E-state index is 0.0830. The fourth-order valence-electron chi connectivity index (χ4n) is 1.02. The molecule has 2 nitrogen and oxygen atoms in total. The Morgan fingerprint density at radius 3 is 3.18 bits per heavy atom. The maximum Gasteiger partial charge on any atom is 0.307 e. The summed E-state index contributed by atoms with van der Waals surface area (Å²) in [6.45, 7) is 0. The van der Waals surface area contributed by atoms with E-state index >= 15 is 0 Å². The number of aryl methyl sites for hydroxylation is 1. The van der Waals surface area contributed by atoms with Crippen molar-refractivity contribution in [3.8, 4) is 0 Å². The largest absolute Gasteiger partial charge is 0.307 e. The molecule has 1 heterocycles. The van der Waals surface area contributed by atoms with Crippen molar-refractivity contribution in [2.24, 2.45) is 7.05 Å². The average Bonchev–Trinajstić information content (AvgIpc) is 2.30. The number of fused-ring (bicyclic) bond motifs is 1. The number of benzene rings is 1. The third-order valence-electron chi connectivity index (χ3n) is 1.64. The minimum Gasteiger partial charge on any atom is -0.302 e. The Labute approximate surface area is 67.7 Å². The van der Waals surface area contributed by atoms with Crippen LogP contribution in [0.2, 0.25) is 0 Å². The summed E-state index contributed by atoms with van der Waals surface area (Å²) >= 11 is 1.27. The maximum absolute atomic E-state index is 11.1. The maximum atomic E-state index is 11.1. The van der Waals surface area contributed by atoms with Crippen LogP contribution in [0.15, 0.2) is 23.0 Å². The molecule has 0 saturated heterocycles. The van der Waals surface area contributed by atoms with Gasteiger partial charge < -0.3 is 4.57 Å². The van der Waals surface area contributed by atoms with Crippen LogP contribution < -0.4 is 4.87 Å². The molecular formula is C8H6NOS. The van der Waals surface area contributed by atoms with Crippen LogP contribution in [0.4, 0.5) is 0 Å². The number of thiazole rings is 1. The minimum absolute atomic E-state index is 0.0830. The zero-order chi connectivity index (χ0) is 7.84. The SMILES string of the molecule is Cn1c(=O)sc2cc[c]cc21. The number of hydrogen-bond acceptors (Lipinski definition) is 2. The van der Waals surface area contributed by atoms with Gasteiger partial charge >= 0.3 is 4.87 Å². The molecule has 0 unspecified atom stereocenters. The first-order valence-electron chi connectivity index (χ1n) is 3.24. The Kier molecular flexibility index (Phi) is 1.32. The predicted octanol–water partition coefficient (Wildman–Crippen LogP) is 1.40. The van der Waals surface area contributed by atoms with Gasteiger partial charge in [0.1, 0.15) is 0 Å². The Balaban J connectivity index is 3.04. The fourth-order valence-corrected chi connectivity index (χ4v) is 1.88. The first kappa shape index (κ1) is 6.61. The van der Waals surface area contributed by atoms with Crippen LogP contribution in [0.3, 0.4) is 0 Å². The summed E-state index contributed by atoms with van der Waals surface area (Å²) in [6.07, 6.45) is 0. The van der Waals surface area contributed by atoms with E-state index < -0.39 is 0 Å². The van der Waals surface area contributed by atoms with E-state index in [9.17, 15) is 4.79 Å². The second kappa shape index (κ2) is 2.20. The van der Waals surface area contributed by atoms with Crippen LogP contribution in [-0.2, 0) is 7.05 Å². The van der Waals surface area contributed by atoms with Gasteiger partial charge in [0.25, 0.3) is 0 Å². The highest BCUT2D eigenvalue weighted by molar-refractivity contribution is 7.16. The van der Waals surface area contributed by atoms with Crippen LogP contribution in [0.1, 0.15) is 0 Å². The predicted molar refractivity (Wildman–Crippen MR) is 45.9 cm³/mol. The average molecular weight is 164 g/mol. The van der Waals surface area contributed by atoms with E-state index in [0.717, 1.165) is 10.2 Å². The summed E-state index contributed by atoms with van der Waals surface area (Å²) in [5, 5.41) is 0. The molecule has 0 fully saturated rings. The van der Waals surface area contributed by atoms with E-state index in [1.54, 1.807) is 11.6 Å². The number of rotatable bonds is 0. The van der Waals surface area contributed by atoms with Gasteiger partial charge in [-0.3, -0.25) is 4.79 Å². The van der Waals surface area contributed by atoms with E-state index in [2.05, 4.69) is 6.07 Å². The first-order chi connectivity index (χ1) is 5.29. The molecule has 3 heteroatoms. The first-order valence-corrected chi connectivity index (χ1v) is 4.06.